The van der Waals surface area contributed by atoms with Crippen LogP contribution in [0.2, 0.25) is 0 Å². The smallest absolute Gasteiger partial charge is 0.328 e. The van der Waals surface area contributed by atoms with Crippen LogP contribution in [0.5, 0.6) is 5.75 Å². The Bertz CT molecular complexity index is 1500. The van der Waals surface area contributed by atoms with Crippen molar-refractivity contribution in [1.82, 2.24) is 9.55 Å². The monoisotopic (exact) mass is 472 g/mol. The van der Waals surface area contributed by atoms with E-state index in [1.807, 2.05) is 6.92 Å². The van der Waals surface area contributed by atoms with Gasteiger partial charge in [-0.3, -0.25) is 19.0 Å². The molecule has 1 aromatic heterocycles. The molecule has 0 aliphatic rings. The Kier molecular flexibility index (Phi) is 6.77. The molecule has 4 aromatic rings. The third-order valence-corrected chi connectivity index (χ3v) is 5.39. The number of benzene rings is 3. The number of nitrogens with one attached hydrogen (secondary N) is 3. The molecule has 0 unspecified atom stereocenters. The number of hydrogen-bond donors (Lipinski definition) is 3. The first kappa shape index (κ1) is 23.5. The molecule has 0 bridgehead atoms. The third-order valence-electron chi connectivity index (χ3n) is 5.39. The number of carbonyl (C=O) groups excluding carboxylic acids is 2. The summed E-state index contributed by atoms with van der Waals surface area (Å²) in [5.41, 5.74) is 1.18. The van der Waals surface area contributed by atoms with Gasteiger partial charge in [-0.2, -0.15) is 0 Å². The number of rotatable bonds is 7. The van der Waals surface area contributed by atoms with E-state index < -0.39 is 17.2 Å². The Hall–Kier alpha value is -4.66. The first-order valence-corrected chi connectivity index (χ1v) is 11.1. The van der Waals surface area contributed by atoms with Gasteiger partial charge in [0, 0.05) is 29.0 Å². The molecule has 0 saturated heterocycles. The minimum Gasteiger partial charge on any atom is -0.494 e. The fraction of sp³-hybridized carbons (Fsp3) is 0.154. The first-order valence-electron chi connectivity index (χ1n) is 11.1. The molecule has 178 valence electrons. The Morgan fingerprint density at radius 1 is 0.829 bits per heavy atom. The zero-order valence-electron chi connectivity index (χ0n) is 19.3. The van der Waals surface area contributed by atoms with Crippen molar-refractivity contribution >= 4 is 34.1 Å². The van der Waals surface area contributed by atoms with Gasteiger partial charge in [0.25, 0.3) is 17.4 Å². The van der Waals surface area contributed by atoms with Crippen LogP contribution in [0.4, 0.5) is 11.4 Å². The van der Waals surface area contributed by atoms with Gasteiger partial charge in [0.1, 0.15) is 5.75 Å². The summed E-state index contributed by atoms with van der Waals surface area (Å²) < 4.78 is 6.48. The second-order valence-electron chi connectivity index (χ2n) is 7.68. The van der Waals surface area contributed by atoms with E-state index in [1.54, 1.807) is 55.5 Å². The summed E-state index contributed by atoms with van der Waals surface area (Å²) in [5, 5.41) is 5.88. The summed E-state index contributed by atoms with van der Waals surface area (Å²) in [6.07, 6.45) is 0. The molecular weight excluding hydrogens is 448 g/mol. The van der Waals surface area contributed by atoms with Gasteiger partial charge < -0.3 is 20.4 Å². The highest BCUT2D eigenvalue weighted by Crippen LogP contribution is 2.18. The minimum atomic E-state index is -0.526. The molecule has 0 atom stereocenters. The Labute approximate surface area is 200 Å². The third kappa shape index (κ3) is 5.14. The summed E-state index contributed by atoms with van der Waals surface area (Å²) in [7, 11) is 0. The van der Waals surface area contributed by atoms with Crippen molar-refractivity contribution in [3.8, 4) is 5.75 Å². The predicted molar refractivity (Wildman–Crippen MR) is 134 cm³/mol. The normalized spacial score (nSPS) is 10.7. The topological polar surface area (TPSA) is 122 Å². The SMILES string of the molecule is CCOc1ccc(NC(=O)c2ccc(NC(=O)c3ccc4c(=O)n(CC)c(=O)[nH]c4c3)cc2)cc1. The van der Waals surface area contributed by atoms with E-state index in [0.29, 0.717) is 34.4 Å². The lowest BCUT2D eigenvalue weighted by Crippen LogP contribution is -2.34. The van der Waals surface area contributed by atoms with Crippen molar-refractivity contribution in [3.05, 3.63) is 98.7 Å². The van der Waals surface area contributed by atoms with Crippen LogP contribution >= 0.6 is 0 Å². The van der Waals surface area contributed by atoms with Crippen molar-refractivity contribution in [1.29, 1.82) is 0 Å². The number of aromatic nitrogens is 2. The molecule has 9 heteroatoms. The van der Waals surface area contributed by atoms with Crippen molar-refractivity contribution in [3.63, 3.8) is 0 Å². The van der Waals surface area contributed by atoms with E-state index in [4.69, 9.17) is 4.74 Å². The van der Waals surface area contributed by atoms with Crippen LogP contribution in [-0.2, 0) is 6.54 Å². The second-order valence-corrected chi connectivity index (χ2v) is 7.68. The lowest BCUT2D eigenvalue weighted by molar-refractivity contribution is 0.102. The van der Waals surface area contributed by atoms with E-state index in [9.17, 15) is 19.2 Å². The highest BCUT2D eigenvalue weighted by Gasteiger charge is 2.12. The maximum absolute atomic E-state index is 12.7. The molecule has 9 nitrogen and oxygen atoms in total. The van der Waals surface area contributed by atoms with E-state index in [0.717, 1.165) is 10.3 Å². The average Bonchev–Trinajstić information content (AvgIpc) is 2.85. The van der Waals surface area contributed by atoms with Crippen molar-refractivity contribution in [2.24, 2.45) is 0 Å². The van der Waals surface area contributed by atoms with Crippen molar-refractivity contribution < 1.29 is 14.3 Å². The molecule has 0 aliphatic heterocycles. The highest BCUT2D eigenvalue weighted by atomic mass is 16.5. The number of aromatic amines is 1. The van der Waals surface area contributed by atoms with Gasteiger partial charge in [0.15, 0.2) is 0 Å². The van der Waals surface area contributed by atoms with E-state index in [-0.39, 0.29) is 18.0 Å². The molecule has 3 aromatic carbocycles. The number of H-pyrrole nitrogens is 1. The van der Waals surface area contributed by atoms with E-state index in [1.165, 1.54) is 18.2 Å². The van der Waals surface area contributed by atoms with Gasteiger partial charge in [-0.1, -0.05) is 0 Å². The Morgan fingerprint density at radius 2 is 1.40 bits per heavy atom. The quantitative estimate of drug-likeness (QED) is 0.379. The van der Waals surface area contributed by atoms with Crippen LogP contribution < -0.4 is 26.6 Å². The first-order chi connectivity index (χ1) is 16.9. The molecule has 3 N–H and O–H groups in total. The lowest BCUT2D eigenvalue weighted by atomic mass is 10.1. The van der Waals surface area contributed by atoms with Crippen LogP contribution in [0, 0.1) is 0 Å². The van der Waals surface area contributed by atoms with Gasteiger partial charge in [-0.15, -0.1) is 0 Å². The standard InChI is InChI=1S/C26H24N4O5/c1-3-30-25(33)21-14-7-17(15-22(21)29-26(30)34)24(32)28-18-8-5-16(6-9-18)23(31)27-19-10-12-20(13-11-19)35-4-2/h5-15H,3-4H2,1-2H3,(H,27,31)(H,28,32)(H,29,34). The summed E-state index contributed by atoms with van der Waals surface area (Å²) in [6.45, 7) is 4.42. The molecule has 1 heterocycles. The van der Waals surface area contributed by atoms with Crippen LogP contribution in [0.25, 0.3) is 10.9 Å². The van der Waals surface area contributed by atoms with Gasteiger partial charge >= 0.3 is 5.69 Å². The molecule has 0 saturated carbocycles. The van der Waals surface area contributed by atoms with Crippen LogP contribution in [0.15, 0.2) is 76.3 Å². The van der Waals surface area contributed by atoms with Gasteiger partial charge in [0.2, 0.25) is 0 Å². The maximum Gasteiger partial charge on any atom is 0.328 e. The number of nitrogens with zero attached hydrogens (tertiary/aromatic N) is 1. The summed E-state index contributed by atoms with van der Waals surface area (Å²) in [4.78, 5) is 52.3. The van der Waals surface area contributed by atoms with Crippen LogP contribution in [0.1, 0.15) is 34.6 Å². The predicted octanol–water partition coefficient (Wildman–Crippen LogP) is 3.61. The Balaban J connectivity index is 1.44. The molecule has 0 spiro atoms. The highest BCUT2D eigenvalue weighted by molar-refractivity contribution is 6.07. The zero-order chi connectivity index (χ0) is 24.9. The number of hydrogen-bond acceptors (Lipinski definition) is 5. The van der Waals surface area contributed by atoms with Gasteiger partial charge in [-0.25, -0.2) is 4.79 Å². The molecule has 0 radical (unpaired) electrons. The molecule has 2 amide bonds. The second kappa shape index (κ2) is 10.1. The lowest BCUT2D eigenvalue weighted by Gasteiger charge is -2.09. The maximum atomic E-state index is 12.7. The largest absolute Gasteiger partial charge is 0.494 e. The number of fused-ring (bicyclic) bond motifs is 1. The summed E-state index contributed by atoms with van der Waals surface area (Å²) in [5.74, 6) is 0.0173. The number of carbonyl (C=O) groups is 2. The molecular formula is C26H24N4O5. The molecule has 35 heavy (non-hydrogen) atoms. The number of amides is 2. The van der Waals surface area contributed by atoms with E-state index >= 15 is 0 Å². The van der Waals surface area contributed by atoms with Crippen LogP contribution in [-0.4, -0.2) is 28.0 Å². The Morgan fingerprint density at radius 3 is 2.00 bits per heavy atom. The average molecular weight is 473 g/mol. The summed E-state index contributed by atoms with van der Waals surface area (Å²) >= 11 is 0. The minimum absolute atomic E-state index is 0.251. The molecule has 0 aliphatic carbocycles. The van der Waals surface area contributed by atoms with E-state index in [2.05, 4.69) is 15.6 Å². The fourth-order valence-electron chi connectivity index (χ4n) is 3.60. The van der Waals surface area contributed by atoms with Crippen molar-refractivity contribution in [2.75, 3.05) is 17.2 Å². The van der Waals surface area contributed by atoms with Crippen molar-refractivity contribution in [2.45, 2.75) is 20.4 Å². The van der Waals surface area contributed by atoms with Gasteiger partial charge in [-0.05, 0) is 80.6 Å². The van der Waals surface area contributed by atoms with Gasteiger partial charge in [0.05, 0.1) is 17.5 Å². The number of anilines is 2. The molecule has 4 rings (SSSR count). The molecule has 0 fully saturated rings. The fourth-order valence-corrected chi connectivity index (χ4v) is 3.60. The summed E-state index contributed by atoms with van der Waals surface area (Å²) in [6, 6.07) is 18.0. The van der Waals surface area contributed by atoms with Crippen LogP contribution in [0.3, 0.4) is 0 Å². The zero-order valence-corrected chi connectivity index (χ0v) is 19.3. The number of ether oxygens (including phenoxy) is 1.